The highest BCUT2D eigenvalue weighted by molar-refractivity contribution is 8.00. The highest BCUT2D eigenvalue weighted by Gasteiger charge is 2.27. The van der Waals surface area contributed by atoms with E-state index in [1.54, 1.807) is 0 Å². The van der Waals surface area contributed by atoms with Gasteiger partial charge in [-0.15, -0.1) is 11.8 Å². The van der Waals surface area contributed by atoms with E-state index in [2.05, 4.69) is 26.1 Å². The Morgan fingerprint density at radius 3 is 2.33 bits per heavy atom. The van der Waals surface area contributed by atoms with E-state index in [4.69, 9.17) is 0 Å². The van der Waals surface area contributed by atoms with Gasteiger partial charge in [-0.05, 0) is 5.41 Å². The monoisotopic (exact) mass is 145 g/mol. The van der Waals surface area contributed by atoms with Crippen LogP contribution in [0.2, 0.25) is 0 Å². The molecule has 0 aliphatic carbocycles. The summed E-state index contributed by atoms with van der Waals surface area (Å²) in [6.45, 7) is 8.03. The van der Waals surface area contributed by atoms with Crippen LogP contribution in [0.15, 0.2) is 0 Å². The third-order valence-corrected chi connectivity index (χ3v) is 3.15. The highest BCUT2D eigenvalue weighted by Crippen LogP contribution is 2.30. The van der Waals surface area contributed by atoms with Gasteiger partial charge < -0.3 is 5.32 Å². The van der Waals surface area contributed by atoms with Crippen LogP contribution in [0.3, 0.4) is 0 Å². The van der Waals surface area contributed by atoms with Crippen LogP contribution in [0.4, 0.5) is 0 Å². The molecule has 1 fully saturated rings. The van der Waals surface area contributed by atoms with Gasteiger partial charge in [0.1, 0.15) is 0 Å². The van der Waals surface area contributed by atoms with Gasteiger partial charge in [0, 0.05) is 12.3 Å². The zero-order valence-corrected chi connectivity index (χ0v) is 7.22. The molecule has 0 saturated carbocycles. The van der Waals surface area contributed by atoms with E-state index in [0.717, 1.165) is 0 Å². The van der Waals surface area contributed by atoms with Crippen LogP contribution in [0.1, 0.15) is 20.8 Å². The molecule has 1 unspecified atom stereocenters. The minimum absolute atomic E-state index is 0.432. The van der Waals surface area contributed by atoms with Crippen molar-refractivity contribution in [2.24, 2.45) is 5.41 Å². The average Bonchev–Trinajstić information content (AvgIpc) is 2.08. The first kappa shape index (κ1) is 7.42. The molecule has 1 atom stereocenters. The summed E-state index contributed by atoms with van der Waals surface area (Å²) in [7, 11) is 0. The quantitative estimate of drug-likeness (QED) is 0.557. The van der Waals surface area contributed by atoms with Gasteiger partial charge in [-0.3, -0.25) is 0 Å². The van der Waals surface area contributed by atoms with Gasteiger partial charge >= 0.3 is 0 Å². The van der Waals surface area contributed by atoms with Crippen molar-refractivity contribution in [1.82, 2.24) is 5.32 Å². The van der Waals surface area contributed by atoms with E-state index in [0.29, 0.717) is 10.8 Å². The molecule has 2 heteroatoms. The number of nitrogens with one attached hydrogen (secondary N) is 1. The van der Waals surface area contributed by atoms with Crippen molar-refractivity contribution in [3.8, 4) is 0 Å². The first-order valence-electron chi connectivity index (χ1n) is 3.46. The number of rotatable bonds is 0. The zero-order chi connectivity index (χ0) is 6.91. The van der Waals surface area contributed by atoms with Crippen molar-refractivity contribution >= 4 is 11.8 Å². The van der Waals surface area contributed by atoms with Gasteiger partial charge in [0.2, 0.25) is 0 Å². The second-order valence-electron chi connectivity index (χ2n) is 3.57. The predicted octanol–water partition coefficient (Wildman–Crippen LogP) is 1.70. The SMILES string of the molecule is CC(C)(C)C1NCCS1. The van der Waals surface area contributed by atoms with E-state index in [9.17, 15) is 0 Å². The Morgan fingerprint density at radius 1 is 1.44 bits per heavy atom. The molecule has 1 aliphatic heterocycles. The average molecular weight is 145 g/mol. The van der Waals surface area contributed by atoms with Crippen LogP contribution < -0.4 is 5.32 Å². The molecule has 9 heavy (non-hydrogen) atoms. The van der Waals surface area contributed by atoms with Gasteiger partial charge in [-0.25, -0.2) is 0 Å². The van der Waals surface area contributed by atoms with Crippen molar-refractivity contribution in [2.45, 2.75) is 26.1 Å². The van der Waals surface area contributed by atoms with Crippen LogP contribution in [0.25, 0.3) is 0 Å². The Hall–Kier alpha value is 0.310. The Morgan fingerprint density at radius 2 is 2.11 bits per heavy atom. The third kappa shape index (κ3) is 1.87. The molecular formula is C7H15NS. The summed E-state index contributed by atoms with van der Waals surface area (Å²) >= 11 is 2.04. The van der Waals surface area contributed by atoms with Crippen molar-refractivity contribution < 1.29 is 0 Å². The summed E-state index contributed by atoms with van der Waals surface area (Å²) in [6, 6.07) is 0. The van der Waals surface area contributed by atoms with E-state index in [-0.39, 0.29) is 0 Å². The lowest BCUT2D eigenvalue weighted by Gasteiger charge is -2.25. The molecule has 0 amide bonds. The van der Waals surface area contributed by atoms with Crippen molar-refractivity contribution in [2.75, 3.05) is 12.3 Å². The molecule has 0 bridgehead atoms. The fourth-order valence-corrected chi connectivity index (χ4v) is 2.19. The topological polar surface area (TPSA) is 12.0 Å². The second kappa shape index (κ2) is 2.51. The maximum atomic E-state index is 3.46. The van der Waals surface area contributed by atoms with E-state index in [1.807, 2.05) is 11.8 Å². The summed E-state index contributed by atoms with van der Waals surface area (Å²) < 4.78 is 0. The largest absolute Gasteiger partial charge is 0.304 e. The molecule has 0 aromatic rings. The van der Waals surface area contributed by atoms with E-state index < -0.39 is 0 Å². The lowest BCUT2D eigenvalue weighted by atomic mass is 9.96. The molecule has 0 spiro atoms. The minimum Gasteiger partial charge on any atom is -0.304 e. The summed E-state index contributed by atoms with van der Waals surface area (Å²) in [6.07, 6.45) is 0. The highest BCUT2D eigenvalue weighted by atomic mass is 32.2. The third-order valence-electron chi connectivity index (χ3n) is 1.50. The number of hydrogen-bond donors (Lipinski definition) is 1. The minimum atomic E-state index is 0.432. The Labute approximate surface area is 61.6 Å². The van der Waals surface area contributed by atoms with E-state index >= 15 is 0 Å². The van der Waals surface area contributed by atoms with Crippen LogP contribution >= 0.6 is 11.8 Å². The van der Waals surface area contributed by atoms with Gasteiger partial charge in [0.25, 0.3) is 0 Å². The molecule has 1 saturated heterocycles. The molecular weight excluding hydrogens is 130 g/mol. The molecule has 1 nitrogen and oxygen atoms in total. The number of hydrogen-bond acceptors (Lipinski definition) is 2. The number of thioether (sulfide) groups is 1. The van der Waals surface area contributed by atoms with Crippen molar-refractivity contribution in [3.05, 3.63) is 0 Å². The molecule has 1 N–H and O–H groups in total. The summed E-state index contributed by atoms with van der Waals surface area (Å²) in [5, 5.41) is 4.14. The van der Waals surface area contributed by atoms with Gasteiger partial charge in [-0.1, -0.05) is 20.8 Å². The molecule has 0 aromatic heterocycles. The standard InChI is InChI=1S/C7H15NS/c1-7(2,3)6-8-4-5-9-6/h6,8H,4-5H2,1-3H3. The van der Waals surface area contributed by atoms with Crippen LogP contribution in [0, 0.1) is 5.41 Å². The Kier molecular flexibility index (Phi) is 2.07. The summed E-state index contributed by atoms with van der Waals surface area (Å²) in [5.74, 6) is 1.28. The maximum absolute atomic E-state index is 3.46. The molecule has 1 aliphatic rings. The molecule has 1 rings (SSSR count). The fraction of sp³-hybridized carbons (Fsp3) is 1.00. The van der Waals surface area contributed by atoms with Crippen LogP contribution in [-0.4, -0.2) is 17.7 Å². The summed E-state index contributed by atoms with van der Waals surface area (Å²) in [4.78, 5) is 0. The predicted molar refractivity (Wildman–Crippen MR) is 43.7 cm³/mol. The fourth-order valence-electron chi connectivity index (χ4n) is 0.982. The van der Waals surface area contributed by atoms with Gasteiger partial charge in [-0.2, -0.15) is 0 Å². The Bertz CT molecular complexity index is 89.6. The zero-order valence-electron chi connectivity index (χ0n) is 6.40. The molecule has 0 radical (unpaired) electrons. The smallest absolute Gasteiger partial charge is 0.0582 e. The lowest BCUT2D eigenvalue weighted by molar-refractivity contribution is 0.364. The normalized spacial score (nSPS) is 29.0. The van der Waals surface area contributed by atoms with Crippen LogP contribution in [-0.2, 0) is 0 Å². The Balaban J connectivity index is 2.42. The molecule has 1 heterocycles. The van der Waals surface area contributed by atoms with E-state index in [1.165, 1.54) is 12.3 Å². The van der Waals surface area contributed by atoms with Gasteiger partial charge in [0.15, 0.2) is 0 Å². The maximum Gasteiger partial charge on any atom is 0.0582 e. The summed E-state index contributed by atoms with van der Waals surface area (Å²) in [5.41, 5.74) is 0.432. The first-order valence-corrected chi connectivity index (χ1v) is 4.50. The van der Waals surface area contributed by atoms with Crippen molar-refractivity contribution in [1.29, 1.82) is 0 Å². The first-order chi connectivity index (χ1) is 4.11. The van der Waals surface area contributed by atoms with Crippen LogP contribution in [0.5, 0.6) is 0 Å². The van der Waals surface area contributed by atoms with Crippen molar-refractivity contribution in [3.63, 3.8) is 0 Å². The lowest BCUT2D eigenvalue weighted by Crippen LogP contribution is -2.32. The molecule has 54 valence electrons. The molecule has 0 aromatic carbocycles. The van der Waals surface area contributed by atoms with Gasteiger partial charge in [0.05, 0.1) is 5.37 Å². The second-order valence-corrected chi connectivity index (χ2v) is 4.78.